The third-order valence-corrected chi connectivity index (χ3v) is 1.36. The second-order valence-corrected chi connectivity index (χ2v) is 1.95. The molecule has 0 saturated heterocycles. The average Bonchev–Trinajstić information content (AvgIpc) is 2.30. The molecule has 1 aromatic heterocycles. The van der Waals surface area contributed by atoms with E-state index in [4.69, 9.17) is 0 Å². The van der Waals surface area contributed by atoms with Gasteiger partial charge in [-0.15, -0.1) is 0 Å². The molecule has 0 aromatic carbocycles. The fourth-order valence-electron chi connectivity index (χ4n) is 0.553. The van der Waals surface area contributed by atoms with Crippen molar-refractivity contribution < 1.29 is 13.8 Å². The van der Waals surface area contributed by atoms with Crippen molar-refractivity contribution in [3.63, 3.8) is 0 Å². The van der Waals surface area contributed by atoms with Crippen molar-refractivity contribution in [3.05, 3.63) is 11.3 Å². The molecular formula is C5H6NO3P. The van der Waals surface area contributed by atoms with E-state index in [0.717, 1.165) is 0 Å². The van der Waals surface area contributed by atoms with Crippen LogP contribution in [0.3, 0.4) is 0 Å². The second-order valence-electron chi connectivity index (χ2n) is 1.71. The van der Waals surface area contributed by atoms with Gasteiger partial charge in [-0.3, -0.25) is 4.79 Å². The van der Waals surface area contributed by atoms with Crippen molar-refractivity contribution in [1.29, 1.82) is 0 Å². The summed E-state index contributed by atoms with van der Waals surface area (Å²) >= 11 is 0. The first-order chi connectivity index (χ1) is 4.79. The zero-order valence-corrected chi connectivity index (χ0v) is 6.48. The van der Waals surface area contributed by atoms with Gasteiger partial charge in [-0.2, -0.15) is 0 Å². The Balaban J connectivity index is 3.08. The largest absolute Gasteiger partial charge is 0.461 e. The molecule has 0 aliphatic carbocycles. The van der Waals surface area contributed by atoms with E-state index < -0.39 is 0 Å². The highest BCUT2D eigenvalue weighted by atomic mass is 31.0. The lowest BCUT2D eigenvalue weighted by Gasteiger charge is -1.88. The maximum atomic E-state index is 10.2. The van der Waals surface area contributed by atoms with Gasteiger partial charge in [-0.25, -0.2) is 0 Å². The number of nitrogens with zero attached hydrogens (tertiary/aromatic N) is 1. The van der Waals surface area contributed by atoms with Crippen molar-refractivity contribution >= 4 is 15.8 Å². The van der Waals surface area contributed by atoms with E-state index in [-0.39, 0.29) is 5.76 Å². The van der Waals surface area contributed by atoms with E-state index in [2.05, 4.69) is 14.2 Å². The lowest BCUT2D eigenvalue weighted by molar-refractivity contribution is 0.109. The molecule has 0 amide bonds. The van der Waals surface area contributed by atoms with Crippen LogP contribution < -0.4 is 4.52 Å². The van der Waals surface area contributed by atoms with Crippen molar-refractivity contribution in [2.24, 2.45) is 0 Å². The first kappa shape index (κ1) is 7.22. The molecule has 0 fully saturated rings. The van der Waals surface area contributed by atoms with Crippen LogP contribution in [-0.4, -0.2) is 11.4 Å². The van der Waals surface area contributed by atoms with Gasteiger partial charge in [0, 0.05) is 0 Å². The first-order valence-corrected chi connectivity index (χ1v) is 3.05. The molecule has 1 rings (SSSR count). The average molecular weight is 159 g/mol. The van der Waals surface area contributed by atoms with Crippen LogP contribution in [0.2, 0.25) is 0 Å². The van der Waals surface area contributed by atoms with Crippen molar-refractivity contribution in [2.75, 3.05) is 0 Å². The summed E-state index contributed by atoms with van der Waals surface area (Å²) < 4.78 is 9.26. The normalized spacial score (nSPS) is 9.40. The van der Waals surface area contributed by atoms with Crippen molar-refractivity contribution in [1.82, 2.24) is 5.16 Å². The van der Waals surface area contributed by atoms with Crippen LogP contribution in [0.15, 0.2) is 4.52 Å². The van der Waals surface area contributed by atoms with Crippen LogP contribution in [0, 0.1) is 6.92 Å². The van der Waals surface area contributed by atoms with Gasteiger partial charge in [0.15, 0.2) is 6.29 Å². The van der Waals surface area contributed by atoms with E-state index >= 15 is 0 Å². The van der Waals surface area contributed by atoms with Crippen molar-refractivity contribution in [3.8, 4) is 5.88 Å². The monoisotopic (exact) mass is 159 g/mol. The summed E-state index contributed by atoms with van der Waals surface area (Å²) in [6, 6.07) is 0. The van der Waals surface area contributed by atoms with Crippen LogP contribution in [0.5, 0.6) is 5.88 Å². The quantitative estimate of drug-likeness (QED) is 0.476. The first-order valence-electron chi connectivity index (χ1n) is 2.57. The topological polar surface area (TPSA) is 52.3 Å². The Morgan fingerprint density at radius 2 is 2.50 bits per heavy atom. The summed E-state index contributed by atoms with van der Waals surface area (Å²) in [6.07, 6.45) is 0.593. The number of carbonyl (C=O) groups excluding carboxylic acids is 1. The van der Waals surface area contributed by atoms with Gasteiger partial charge in [0.05, 0.1) is 15.0 Å². The predicted octanol–water partition coefficient (Wildman–Crippen LogP) is 0.964. The lowest BCUT2D eigenvalue weighted by atomic mass is 10.3. The molecule has 5 heteroatoms. The van der Waals surface area contributed by atoms with E-state index in [9.17, 15) is 4.79 Å². The minimum atomic E-state index is 0.206. The summed E-state index contributed by atoms with van der Waals surface area (Å²) in [5, 5.41) is 3.46. The van der Waals surface area contributed by atoms with Gasteiger partial charge in [0.1, 0.15) is 0 Å². The number of rotatable bonds is 2. The van der Waals surface area contributed by atoms with Crippen LogP contribution >= 0.6 is 9.47 Å². The summed E-state index contributed by atoms with van der Waals surface area (Å²) in [4.78, 5) is 10.2. The van der Waals surface area contributed by atoms with Gasteiger partial charge < -0.3 is 9.05 Å². The van der Waals surface area contributed by atoms with Crippen LogP contribution in [0.1, 0.15) is 16.1 Å². The van der Waals surface area contributed by atoms with Crippen LogP contribution in [0.25, 0.3) is 0 Å². The molecule has 0 saturated carbocycles. The maximum absolute atomic E-state index is 10.2. The summed E-state index contributed by atoms with van der Waals surface area (Å²) in [7, 11) is 2.02. The Morgan fingerprint density at radius 1 is 1.80 bits per heavy atom. The van der Waals surface area contributed by atoms with E-state index in [0.29, 0.717) is 17.7 Å². The molecular weight excluding hydrogens is 153 g/mol. The van der Waals surface area contributed by atoms with E-state index in [1.165, 1.54) is 0 Å². The minimum absolute atomic E-state index is 0.206. The molecule has 0 aliphatic rings. The van der Waals surface area contributed by atoms with Crippen LogP contribution in [-0.2, 0) is 0 Å². The van der Waals surface area contributed by atoms with E-state index in [1.54, 1.807) is 6.92 Å². The summed E-state index contributed by atoms with van der Waals surface area (Å²) in [5.74, 6) is 0.532. The molecule has 10 heavy (non-hydrogen) atoms. The predicted molar refractivity (Wildman–Crippen MR) is 37.0 cm³/mol. The number of hydrogen-bond donors (Lipinski definition) is 0. The number of aromatic nitrogens is 1. The Morgan fingerprint density at radius 3 is 2.80 bits per heavy atom. The molecule has 4 nitrogen and oxygen atoms in total. The SMILES string of the molecule is Cc1c(OP)noc1C=O. The maximum Gasteiger partial charge on any atom is 0.259 e. The molecule has 1 heterocycles. The minimum Gasteiger partial charge on any atom is -0.461 e. The summed E-state index contributed by atoms with van der Waals surface area (Å²) in [6.45, 7) is 1.69. The third kappa shape index (κ3) is 1.02. The van der Waals surface area contributed by atoms with Gasteiger partial charge in [-0.1, -0.05) is 0 Å². The lowest BCUT2D eigenvalue weighted by Crippen LogP contribution is -1.79. The Kier molecular flexibility index (Phi) is 2.02. The zero-order chi connectivity index (χ0) is 7.56. The molecule has 0 spiro atoms. The Hall–Kier alpha value is -0.890. The Labute approximate surface area is 59.8 Å². The second kappa shape index (κ2) is 2.80. The number of carbonyl (C=O) groups is 1. The van der Waals surface area contributed by atoms with Crippen LogP contribution in [0.4, 0.5) is 0 Å². The van der Waals surface area contributed by atoms with Gasteiger partial charge in [0.25, 0.3) is 5.88 Å². The number of hydrogen-bond acceptors (Lipinski definition) is 4. The van der Waals surface area contributed by atoms with Crippen molar-refractivity contribution in [2.45, 2.75) is 6.92 Å². The molecule has 1 atom stereocenters. The molecule has 0 aliphatic heterocycles. The number of aldehydes is 1. The molecule has 0 radical (unpaired) electrons. The zero-order valence-electron chi connectivity index (χ0n) is 5.33. The fraction of sp³-hybridized carbons (Fsp3) is 0.200. The highest BCUT2D eigenvalue weighted by molar-refractivity contribution is 7.10. The molecule has 54 valence electrons. The van der Waals surface area contributed by atoms with Gasteiger partial charge >= 0.3 is 0 Å². The summed E-state index contributed by atoms with van der Waals surface area (Å²) in [5.41, 5.74) is 0.616. The highest BCUT2D eigenvalue weighted by Gasteiger charge is 2.09. The third-order valence-electron chi connectivity index (χ3n) is 1.14. The highest BCUT2D eigenvalue weighted by Crippen LogP contribution is 2.19. The molecule has 1 aromatic rings. The molecule has 0 bridgehead atoms. The van der Waals surface area contributed by atoms with Gasteiger partial charge in [-0.05, 0) is 12.1 Å². The standard InChI is InChI=1S/C5H6NO3P/c1-3-4(2-7)8-6-5(3)9-10/h2H,10H2,1H3. The smallest absolute Gasteiger partial charge is 0.259 e. The molecule has 0 N–H and O–H groups in total. The molecule has 1 unspecified atom stereocenters. The fourth-order valence-corrected chi connectivity index (χ4v) is 0.773. The Bertz CT molecular complexity index is 245. The van der Waals surface area contributed by atoms with E-state index in [1.807, 2.05) is 9.47 Å². The van der Waals surface area contributed by atoms with Gasteiger partial charge in [0.2, 0.25) is 5.76 Å².